The van der Waals surface area contributed by atoms with Crippen molar-refractivity contribution in [2.24, 2.45) is 0 Å². The number of aromatic nitrogens is 2. The van der Waals surface area contributed by atoms with Gasteiger partial charge >= 0.3 is 0 Å². The topological polar surface area (TPSA) is 86.5 Å². The molecule has 1 aromatic heterocycles. The second-order valence-corrected chi connectivity index (χ2v) is 4.03. The van der Waals surface area contributed by atoms with Crippen molar-refractivity contribution in [3.8, 4) is 11.5 Å². The third-order valence-corrected chi connectivity index (χ3v) is 2.55. The number of methoxy groups -OCH3 is 2. The molecule has 1 N–H and O–H groups in total. The average Bonchev–Trinajstić information content (AvgIpc) is 2.83. The molecule has 0 fully saturated rings. The molecule has 2 aromatic rings. The molecule has 1 amide bonds. The van der Waals surface area contributed by atoms with Crippen LogP contribution < -0.4 is 14.8 Å². The molecule has 1 heterocycles. The van der Waals surface area contributed by atoms with Crippen LogP contribution in [-0.4, -0.2) is 30.3 Å². The lowest BCUT2D eigenvalue weighted by Crippen LogP contribution is -2.14. The lowest BCUT2D eigenvalue weighted by atomic mass is 10.2. The summed E-state index contributed by atoms with van der Waals surface area (Å²) in [5.74, 6) is 1.66. The minimum absolute atomic E-state index is 0.0230. The average molecular weight is 277 g/mol. The van der Waals surface area contributed by atoms with Crippen LogP contribution >= 0.6 is 0 Å². The van der Waals surface area contributed by atoms with Crippen LogP contribution in [0, 0.1) is 6.92 Å². The minimum Gasteiger partial charge on any atom is -0.493 e. The normalized spacial score (nSPS) is 10.2. The summed E-state index contributed by atoms with van der Waals surface area (Å²) in [6.07, 6.45) is 0.0230. The molecule has 0 aliphatic carbocycles. The highest BCUT2D eigenvalue weighted by Crippen LogP contribution is 2.29. The van der Waals surface area contributed by atoms with E-state index in [4.69, 9.17) is 14.0 Å². The fourth-order valence-electron chi connectivity index (χ4n) is 1.67. The van der Waals surface area contributed by atoms with Crippen LogP contribution in [0.5, 0.6) is 11.5 Å². The first-order chi connectivity index (χ1) is 9.62. The van der Waals surface area contributed by atoms with Crippen LogP contribution in [0.1, 0.15) is 11.7 Å². The SMILES string of the molecule is COc1ccc(NC(=O)Cc2nc(C)no2)cc1OC. The highest BCUT2D eigenvalue weighted by molar-refractivity contribution is 5.92. The summed E-state index contributed by atoms with van der Waals surface area (Å²) in [5, 5.41) is 6.35. The Bertz CT molecular complexity index is 609. The molecule has 0 spiro atoms. The van der Waals surface area contributed by atoms with Gasteiger partial charge in [-0.05, 0) is 19.1 Å². The van der Waals surface area contributed by atoms with E-state index in [0.29, 0.717) is 23.0 Å². The fourth-order valence-corrected chi connectivity index (χ4v) is 1.67. The first-order valence-corrected chi connectivity index (χ1v) is 5.93. The van der Waals surface area contributed by atoms with E-state index in [2.05, 4.69) is 15.5 Å². The van der Waals surface area contributed by atoms with Gasteiger partial charge in [0.05, 0.1) is 14.2 Å². The molecule has 0 unspecified atom stereocenters. The molecule has 20 heavy (non-hydrogen) atoms. The van der Waals surface area contributed by atoms with Gasteiger partial charge in [-0.1, -0.05) is 5.16 Å². The smallest absolute Gasteiger partial charge is 0.236 e. The second kappa shape index (κ2) is 6.05. The van der Waals surface area contributed by atoms with Crippen LogP contribution in [0.3, 0.4) is 0 Å². The van der Waals surface area contributed by atoms with E-state index in [1.807, 2.05) is 0 Å². The molecule has 0 saturated heterocycles. The quantitative estimate of drug-likeness (QED) is 0.892. The Kier molecular flexibility index (Phi) is 4.19. The van der Waals surface area contributed by atoms with Crippen molar-refractivity contribution in [2.45, 2.75) is 13.3 Å². The largest absolute Gasteiger partial charge is 0.493 e. The summed E-state index contributed by atoms with van der Waals surface area (Å²) in [6.45, 7) is 1.69. The molecule has 7 heteroatoms. The van der Waals surface area contributed by atoms with E-state index >= 15 is 0 Å². The first kappa shape index (κ1) is 13.9. The Balaban J connectivity index is 2.04. The zero-order chi connectivity index (χ0) is 14.5. The molecule has 0 aliphatic heterocycles. The Labute approximate surface area is 115 Å². The van der Waals surface area contributed by atoms with Crippen molar-refractivity contribution >= 4 is 11.6 Å². The number of rotatable bonds is 5. The maximum atomic E-state index is 11.8. The summed E-state index contributed by atoms with van der Waals surface area (Å²) >= 11 is 0. The molecule has 0 aliphatic rings. The van der Waals surface area contributed by atoms with Crippen molar-refractivity contribution in [1.29, 1.82) is 0 Å². The number of nitrogens with one attached hydrogen (secondary N) is 1. The van der Waals surface area contributed by atoms with E-state index in [0.717, 1.165) is 0 Å². The third-order valence-electron chi connectivity index (χ3n) is 2.55. The van der Waals surface area contributed by atoms with Gasteiger partial charge in [-0.3, -0.25) is 4.79 Å². The number of aryl methyl sites for hydroxylation is 1. The maximum Gasteiger partial charge on any atom is 0.236 e. The first-order valence-electron chi connectivity index (χ1n) is 5.93. The zero-order valence-electron chi connectivity index (χ0n) is 11.5. The van der Waals surface area contributed by atoms with Gasteiger partial charge in [0.25, 0.3) is 0 Å². The Hall–Kier alpha value is -2.57. The molecule has 0 saturated carbocycles. The number of ether oxygens (including phenoxy) is 2. The van der Waals surface area contributed by atoms with Crippen molar-refractivity contribution in [1.82, 2.24) is 10.1 Å². The molecule has 106 valence electrons. The molecule has 1 aromatic carbocycles. The molecule has 2 rings (SSSR count). The van der Waals surface area contributed by atoms with Crippen LogP contribution in [0.15, 0.2) is 22.7 Å². The summed E-state index contributed by atoms with van der Waals surface area (Å²) in [5.41, 5.74) is 0.601. The van der Waals surface area contributed by atoms with Crippen LogP contribution in [0.25, 0.3) is 0 Å². The zero-order valence-corrected chi connectivity index (χ0v) is 11.5. The third kappa shape index (κ3) is 3.25. The number of hydrogen-bond donors (Lipinski definition) is 1. The van der Waals surface area contributed by atoms with E-state index in [9.17, 15) is 4.79 Å². The van der Waals surface area contributed by atoms with Gasteiger partial charge in [0, 0.05) is 11.8 Å². The van der Waals surface area contributed by atoms with Gasteiger partial charge in [-0.15, -0.1) is 0 Å². The van der Waals surface area contributed by atoms with Crippen molar-refractivity contribution in [3.63, 3.8) is 0 Å². The highest BCUT2D eigenvalue weighted by Gasteiger charge is 2.11. The number of amides is 1. The van der Waals surface area contributed by atoms with E-state index in [-0.39, 0.29) is 18.2 Å². The van der Waals surface area contributed by atoms with Gasteiger partial charge < -0.3 is 19.3 Å². The van der Waals surface area contributed by atoms with E-state index in [1.54, 1.807) is 32.2 Å². The monoisotopic (exact) mass is 277 g/mol. The summed E-state index contributed by atoms with van der Waals surface area (Å²) in [6, 6.07) is 5.11. The van der Waals surface area contributed by atoms with Crippen molar-refractivity contribution in [2.75, 3.05) is 19.5 Å². The summed E-state index contributed by atoms with van der Waals surface area (Å²) in [7, 11) is 3.08. The molecule has 0 atom stereocenters. The standard InChI is InChI=1S/C13H15N3O4/c1-8-14-13(20-16-8)7-12(17)15-9-4-5-10(18-2)11(6-9)19-3/h4-6H,7H2,1-3H3,(H,15,17). The Morgan fingerprint density at radius 2 is 2.05 bits per heavy atom. The fraction of sp³-hybridized carbons (Fsp3) is 0.308. The van der Waals surface area contributed by atoms with Gasteiger partial charge in [0.15, 0.2) is 17.3 Å². The number of nitrogens with zero attached hydrogens (tertiary/aromatic N) is 2. The van der Waals surface area contributed by atoms with Gasteiger partial charge in [0.1, 0.15) is 6.42 Å². The maximum absolute atomic E-state index is 11.8. The Morgan fingerprint density at radius 3 is 2.65 bits per heavy atom. The number of benzene rings is 1. The predicted octanol–water partition coefficient (Wildman–Crippen LogP) is 1.58. The van der Waals surface area contributed by atoms with Crippen LogP contribution in [-0.2, 0) is 11.2 Å². The van der Waals surface area contributed by atoms with Crippen LogP contribution in [0.2, 0.25) is 0 Å². The Morgan fingerprint density at radius 1 is 1.30 bits per heavy atom. The lowest BCUT2D eigenvalue weighted by molar-refractivity contribution is -0.115. The van der Waals surface area contributed by atoms with Gasteiger partial charge in [-0.25, -0.2) is 0 Å². The summed E-state index contributed by atoms with van der Waals surface area (Å²) < 4.78 is 15.2. The molecule has 0 bridgehead atoms. The minimum atomic E-state index is -0.249. The number of carbonyl (C=O) groups is 1. The summed E-state index contributed by atoms with van der Waals surface area (Å²) in [4.78, 5) is 15.8. The van der Waals surface area contributed by atoms with Crippen LogP contribution in [0.4, 0.5) is 5.69 Å². The lowest BCUT2D eigenvalue weighted by Gasteiger charge is -2.10. The molecular weight excluding hydrogens is 262 g/mol. The molecule has 7 nitrogen and oxygen atoms in total. The highest BCUT2D eigenvalue weighted by atomic mass is 16.5. The molecular formula is C13H15N3O4. The second-order valence-electron chi connectivity index (χ2n) is 4.03. The van der Waals surface area contributed by atoms with E-state index in [1.165, 1.54) is 7.11 Å². The number of carbonyl (C=O) groups excluding carboxylic acids is 1. The van der Waals surface area contributed by atoms with Crippen molar-refractivity contribution < 1.29 is 18.8 Å². The predicted molar refractivity (Wildman–Crippen MR) is 70.9 cm³/mol. The van der Waals surface area contributed by atoms with E-state index < -0.39 is 0 Å². The van der Waals surface area contributed by atoms with Gasteiger partial charge in [0.2, 0.25) is 11.8 Å². The van der Waals surface area contributed by atoms with Crippen molar-refractivity contribution in [3.05, 3.63) is 29.9 Å². The van der Waals surface area contributed by atoms with Gasteiger partial charge in [-0.2, -0.15) is 4.98 Å². The number of hydrogen-bond acceptors (Lipinski definition) is 6. The number of anilines is 1. The molecule has 0 radical (unpaired) electrons.